The lowest BCUT2D eigenvalue weighted by Gasteiger charge is -2.40. The minimum Gasteiger partial charge on any atom is -0.465 e. The molecule has 144 valence electrons. The molecule has 2 amide bonds. The SMILES string of the molecule is NC(=O)c1c(-c2ccc(F)c(Cl)c2)nn2c1CN(C(=O)O)CC2(CO)CO. The maximum atomic E-state index is 13.5. The van der Waals surface area contributed by atoms with Crippen LogP contribution >= 0.6 is 11.6 Å². The number of aromatic nitrogens is 2. The lowest BCUT2D eigenvalue weighted by molar-refractivity contribution is 0.00206. The van der Waals surface area contributed by atoms with E-state index in [0.717, 1.165) is 11.0 Å². The van der Waals surface area contributed by atoms with E-state index in [2.05, 4.69) is 5.10 Å². The number of carbonyl (C=O) groups excluding carboxylic acids is 1. The van der Waals surface area contributed by atoms with Crippen molar-refractivity contribution in [1.82, 2.24) is 14.7 Å². The number of amides is 2. The number of fused-ring (bicyclic) bond motifs is 1. The normalized spacial score (nSPS) is 15.5. The minimum atomic E-state index is -1.49. The summed E-state index contributed by atoms with van der Waals surface area (Å²) in [6, 6.07) is 3.69. The van der Waals surface area contributed by atoms with Crippen molar-refractivity contribution < 1.29 is 29.3 Å². The van der Waals surface area contributed by atoms with Crippen molar-refractivity contribution in [3.63, 3.8) is 0 Å². The van der Waals surface area contributed by atoms with Gasteiger partial charge in [-0.3, -0.25) is 14.4 Å². The van der Waals surface area contributed by atoms with Crippen molar-refractivity contribution in [2.45, 2.75) is 12.1 Å². The van der Waals surface area contributed by atoms with Gasteiger partial charge in [-0.25, -0.2) is 9.18 Å². The number of primary amides is 1. The highest BCUT2D eigenvalue weighted by atomic mass is 35.5. The number of carboxylic acid groups (broad SMARTS) is 1. The molecule has 27 heavy (non-hydrogen) atoms. The van der Waals surface area contributed by atoms with Gasteiger partial charge in [0.05, 0.1) is 42.6 Å². The second kappa shape index (κ2) is 6.80. The molecule has 3 rings (SSSR count). The molecule has 1 aliphatic heterocycles. The number of halogens is 2. The zero-order chi connectivity index (χ0) is 19.9. The summed E-state index contributed by atoms with van der Waals surface area (Å²) in [5.74, 6) is -1.55. The van der Waals surface area contributed by atoms with E-state index in [1.165, 1.54) is 16.8 Å². The maximum absolute atomic E-state index is 13.5. The van der Waals surface area contributed by atoms with Crippen LogP contribution < -0.4 is 5.73 Å². The molecule has 11 heteroatoms. The summed E-state index contributed by atoms with van der Waals surface area (Å²) in [4.78, 5) is 24.5. The van der Waals surface area contributed by atoms with Crippen molar-refractivity contribution >= 4 is 23.6 Å². The largest absolute Gasteiger partial charge is 0.465 e. The lowest BCUT2D eigenvalue weighted by Crippen LogP contribution is -2.56. The van der Waals surface area contributed by atoms with Gasteiger partial charge >= 0.3 is 6.09 Å². The van der Waals surface area contributed by atoms with Crippen LogP contribution in [-0.2, 0) is 12.1 Å². The third kappa shape index (κ3) is 3.01. The van der Waals surface area contributed by atoms with E-state index in [0.29, 0.717) is 0 Å². The van der Waals surface area contributed by atoms with E-state index in [-0.39, 0.29) is 40.6 Å². The molecule has 0 atom stereocenters. The third-order valence-electron chi connectivity index (χ3n) is 4.55. The highest BCUT2D eigenvalue weighted by Gasteiger charge is 2.44. The summed E-state index contributed by atoms with van der Waals surface area (Å²) >= 11 is 5.81. The quantitative estimate of drug-likeness (QED) is 0.594. The average Bonchev–Trinajstić information content (AvgIpc) is 3.03. The molecule has 0 aliphatic carbocycles. The standard InChI is InChI=1S/C16H16ClFN4O5/c17-9-3-8(1-2-10(9)18)13-12(14(19)25)11-4-21(15(26)27)5-16(6-23,7-24)22(11)20-13/h1-3,23-24H,4-7H2,(H2,19,25)(H,26,27). The molecule has 9 nitrogen and oxygen atoms in total. The molecule has 0 radical (unpaired) electrons. The Balaban J connectivity index is 2.29. The van der Waals surface area contributed by atoms with Crippen LogP contribution in [-0.4, -0.2) is 61.8 Å². The first-order valence-corrected chi connectivity index (χ1v) is 8.19. The Morgan fingerprint density at radius 2 is 2.00 bits per heavy atom. The van der Waals surface area contributed by atoms with Gasteiger partial charge in [0.15, 0.2) is 0 Å². The summed E-state index contributed by atoms with van der Waals surface area (Å²) in [6.45, 7) is -1.74. The van der Waals surface area contributed by atoms with Crippen LogP contribution in [0.15, 0.2) is 18.2 Å². The molecule has 0 fully saturated rings. The van der Waals surface area contributed by atoms with Gasteiger partial charge in [0.1, 0.15) is 17.1 Å². The van der Waals surface area contributed by atoms with E-state index in [1.54, 1.807) is 0 Å². The third-order valence-corrected chi connectivity index (χ3v) is 4.84. The number of benzene rings is 1. The first-order valence-electron chi connectivity index (χ1n) is 7.81. The van der Waals surface area contributed by atoms with Crippen molar-refractivity contribution in [3.05, 3.63) is 40.3 Å². The van der Waals surface area contributed by atoms with Crippen LogP contribution in [0.3, 0.4) is 0 Å². The monoisotopic (exact) mass is 398 g/mol. The van der Waals surface area contributed by atoms with Gasteiger partial charge < -0.3 is 21.1 Å². The number of nitrogens with zero attached hydrogens (tertiary/aromatic N) is 3. The van der Waals surface area contributed by atoms with E-state index >= 15 is 0 Å². The Morgan fingerprint density at radius 1 is 1.33 bits per heavy atom. The summed E-state index contributed by atoms with van der Waals surface area (Å²) in [5, 5.41) is 33.2. The van der Waals surface area contributed by atoms with Crippen molar-refractivity contribution in [1.29, 1.82) is 0 Å². The topological polar surface area (TPSA) is 142 Å². The Hall–Kier alpha value is -2.69. The molecule has 0 unspecified atom stereocenters. The van der Waals surface area contributed by atoms with Crippen LogP contribution in [0.25, 0.3) is 11.3 Å². The van der Waals surface area contributed by atoms with Crippen molar-refractivity contribution in [2.75, 3.05) is 19.8 Å². The fourth-order valence-corrected chi connectivity index (χ4v) is 3.35. The van der Waals surface area contributed by atoms with Crippen LogP contribution in [0.5, 0.6) is 0 Å². The molecule has 1 aromatic carbocycles. The van der Waals surface area contributed by atoms with Crippen LogP contribution in [0, 0.1) is 5.82 Å². The predicted octanol–water partition coefficient (Wildman–Crippen LogP) is 0.615. The highest BCUT2D eigenvalue weighted by Crippen LogP contribution is 2.35. The molecular weight excluding hydrogens is 383 g/mol. The number of hydrogen-bond donors (Lipinski definition) is 4. The predicted molar refractivity (Wildman–Crippen MR) is 91.7 cm³/mol. The highest BCUT2D eigenvalue weighted by molar-refractivity contribution is 6.31. The van der Waals surface area contributed by atoms with E-state index in [4.69, 9.17) is 17.3 Å². The molecular formula is C16H16ClFN4O5. The molecule has 1 aliphatic rings. The first kappa shape index (κ1) is 19.1. The van der Waals surface area contributed by atoms with Gasteiger partial charge in [-0.1, -0.05) is 11.6 Å². The van der Waals surface area contributed by atoms with Gasteiger partial charge in [0, 0.05) is 5.56 Å². The van der Waals surface area contributed by atoms with E-state index in [9.17, 15) is 29.3 Å². The van der Waals surface area contributed by atoms with Gasteiger partial charge in [-0.15, -0.1) is 0 Å². The lowest BCUT2D eigenvalue weighted by atomic mass is 9.96. The fourth-order valence-electron chi connectivity index (χ4n) is 3.17. The fraction of sp³-hybridized carbons (Fsp3) is 0.312. The number of hydrogen-bond acceptors (Lipinski definition) is 5. The van der Waals surface area contributed by atoms with Crippen molar-refractivity contribution in [2.24, 2.45) is 5.73 Å². The number of rotatable bonds is 4. The number of nitrogens with two attached hydrogens (primary N) is 1. The Bertz CT molecular complexity index is 928. The summed E-state index contributed by atoms with van der Waals surface area (Å²) in [5.41, 5.74) is 4.37. The van der Waals surface area contributed by atoms with Gasteiger partial charge in [0.2, 0.25) is 0 Å². The Labute approximate surface area is 157 Å². The molecule has 0 spiro atoms. The first-order chi connectivity index (χ1) is 12.7. The Kier molecular flexibility index (Phi) is 4.81. The number of aliphatic hydroxyl groups is 2. The maximum Gasteiger partial charge on any atom is 0.407 e. The summed E-state index contributed by atoms with van der Waals surface area (Å²) in [6.07, 6.45) is -1.30. The van der Waals surface area contributed by atoms with Crippen molar-refractivity contribution in [3.8, 4) is 11.3 Å². The molecule has 0 bridgehead atoms. The van der Waals surface area contributed by atoms with Gasteiger partial charge in [-0.2, -0.15) is 5.10 Å². The van der Waals surface area contributed by atoms with E-state index < -0.39 is 36.6 Å². The molecule has 0 saturated carbocycles. The van der Waals surface area contributed by atoms with Crippen LogP contribution in [0.1, 0.15) is 16.1 Å². The van der Waals surface area contributed by atoms with Gasteiger partial charge in [-0.05, 0) is 18.2 Å². The zero-order valence-corrected chi connectivity index (χ0v) is 14.6. The second-order valence-corrected chi connectivity index (χ2v) is 6.66. The summed E-state index contributed by atoms with van der Waals surface area (Å²) in [7, 11) is 0. The Morgan fingerprint density at radius 3 is 2.52 bits per heavy atom. The smallest absolute Gasteiger partial charge is 0.407 e. The number of aliphatic hydroxyl groups excluding tert-OH is 2. The number of carbonyl (C=O) groups is 2. The second-order valence-electron chi connectivity index (χ2n) is 6.25. The summed E-state index contributed by atoms with van der Waals surface area (Å²) < 4.78 is 14.7. The molecule has 2 heterocycles. The van der Waals surface area contributed by atoms with Crippen LogP contribution in [0.2, 0.25) is 5.02 Å². The average molecular weight is 399 g/mol. The van der Waals surface area contributed by atoms with E-state index in [1.807, 2.05) is 0 Å². The molecule has 0 saturated heterocycles. The molecule has 1 aromatic heterocycles. The zero-order valence-electron chi connectivity index (χ0n) is 13.9. The minimum absolute atomic E-state index is 0.0536. The molecule has 5 N–H and O–H groups in total. The molecule has 2 aromatic rings. The van der Waals surface area contributed by atoms with Crippen LogP contribution in [0.4, 0.5) is 9.18 Å². The van der Waals surface area contributed by atoms with Gasteiger partial charge in [0.25, 0.3) is 5.91 Å².